The molecule has 0 unspecified atom stereocenters. The van der Waals surface area contributed by atoms with Gasteiger partial charge in [-0.3, -0.25) is 4.79 Å². The average Bonchev–Trinajstić information content (AvgIpc) is 2.85. The molecule has 0 atom stereocenters. The number of carbonyl (C=O) groups is 2. The zero-order valence-corrected chi connectivity index (χ0v) is 13.2. The van der Waals surface area contributed by atoms with Crippen molar-refractivity contribution in [2.45, 2.75) is 6.92 Å². The molecule has 3 nitrogen and oxygen atoms in total. The molecule has 0 aliphatic heterocycles. The maximum absolute atomic E-state index is 12.4. The first-order valence-corrected chi connectivity index (χ1v) is 7.76. The summed E-state index contributed by atoms with van der Waals surface area (Å²) in [7, 11) is 0. The molecule has 1 heterocycles. The van der Waals surface area contributed by atoms with Crippen LogP contribution in [0.4, 0.5) is 0 Å². The number of ketones is 1. The largest absolute Gasteiger partial charge is 0.422 e. The van der Waals surface area contributed by atoms with Gasteiger partial charge in [0, 0.05) is 10.1 Å². The van der Waals surface area contributed by atoms with Crippen LogP contribution in [0, 0.1) is 0 Å². The van der Waals surface area contributed by atoms with Gasteiger partial charge in [0.05, 0.1) is 10.6 Å². The summed E-state index contributed by atoms with van der Waals surface area (Å²) in [5.74, 6) is -0.473. The molecular weight excluding hydrogens is 320 g/mol. The average molecular weight is 331 g/mol. The van der Waals surface area contributed by atoms with E-state index >= 15 is 0 Å². The molecule has 2 aromatic carbocycles. The lowest BCUT2D eigenvalue weighted by molar-refractivity contribution is 0.0738. The Hall–Kier alpha value is -2.17. The second kappa shape index (κ2) is 5.91. The quantitative estimate of drug-likeness (QED) is 0.386. The lowest BCUT2D eigenvalue weighted by atomic mass is 10.1. The molecule has 0 N–H and O–H groups in total. The van der Waals surface area contributed by atoms with Crippen molar-refractivity contribution < 1.29 is 14.3 Å². The number of Topliss-reactive ketones (excluding diaryl/α,β-unsaturated/α-hetero) is 1. The van der Waals surface area contributed by atoms with Crippen molar-refractivity contribution in [3.8, 4) is 5.75 Å². The molecule has 0 amide bonds. The minimum Gasteiger partial charge on any atom is -0.422 e. The van der Waals surface area contributed by atoms with Crippen LogP contribution >= 0.6 is 22.9 Å². The minimum atomic E-state index is -0.556. The molecule has 0 saturated heterocycles. The second-order valence-corrected chi connectivity index (χ2v) is 6.11. The van der Waals surface area contributed by atoms with Crippen LogP contribution in [-0.4, -0.2) is 11.8 Å². The van der Waals surface area contributed by atoms with Gasteiger partial charge in [0.25, 0.3) is 0 Å². The van der Waals surface area contributed by atoms with E-state index in [1.807, 2.05) is 24.3 Å². The highest BCUT2D eigenvalue weighted by Gasteiger charge is 2.20. The molecule has 0 spiro atoms. The van der Waals surface area contributed by atoms with Crippen LogP contribution in [0.1, 0.15) is 27.0 Å². The molecule has 1 aromatic heterocycles. The molecule has 0 saturated carbocycles. The zero-order chi connectivity index (χ0) is 15.7. The van der Waals surface area contributed by atoms with Gasteiger partial charge in [0.15, 0.2) is 5.78 Å². The first-order valence-electron chi connectivity index (χ1n) is 6.57. The lowest BCUT2D eigenvalue weighted by Crippen LogP contribution is -2.09. The maximum atomic E-state index is 12.4. The summed E-state index contributed by atoms with van der Waals surface area (Å²) < 4.78 is 6.29. The molecule has 0 bridgehead atoms. The predicted octanol–water partition coefficient (Wildman–Crippen LogP) is 4.98. The van der Waals surface area contributed by atoms with Crippen molar-refractivity contribution in [3.05, 3.63) is 64.0 Å². The zero-order valence-electron chi connectivity index (χ0n) is 11.6. The Kier molecular flexibility index (Phi) is 3.96. The van der Waals surface area contributed by atoms with Crippen LogP contribution in [0.2, 0.25) is 5.02 Å². The number of para-hydroxylation sites is 1. The molecular formula is C17H11ClO3S. The predicted molar refractivity (Wildman–Crippen MR) is 88.2 cm³/mol. The van der Waals surface area contributed by atoms with Crippen molar-refractivity contribution in [1.29, 1.82) is 0 Å². The van der Waals surface area contributed by atoms with Gasteiger partial charge in [0.2, 0.25) is 0 Å². The molecule has 0 radical (unpaired) electrons. The summed E-state index contributed by atoms with van der Waals surface area (Å²) in [5.41, 5.74) is 0.369. The van der Waals surface area contributed by atoms with Gasteiger partial charge < -0.3 is 4.74 Å². The number of esters is 1. The Balaban J connectivity index is 1.98. The van der Waals surface area contributed by atoms with Crippen LogP contribution < -0.4 is 4.74 Å². The molecule has 3 aromatic rings. The minimum absolute atomic E-state index is 0.161. The van der Waals surface area contributed by atoms with E-state index in [0.717, 1.165) is 10.1 Å². The third-order valence-electron chi connectivity index (χ3n) is 3.19. The SMILES string of the molecule is CC(=O)c1ccccc1OC(=O)c1sc2ccccc2c1Cl. The van der Waals surface area contributed by atoms with Crippen molar-refractivity contribution in [3.63, 3.8) is 0 Å². The van der Waals surface area contributed by atoms with E-state index in [0.29, 0.717) is 15.5 Å². The van der Waals surface area contributed by atoms with Gasteiger partial charge in [-0.15, -0.1) is 11.3 Å². The Morgan fingerprint density at radius 1 is 1.05 bits per heavy atom. The molecule has 110 valence electrons. The van der Waals surface area contributed by atoms with E-state index in [2.05, 4.69) is 0 Å². The fourth-order valence-corrected chi connectivity index (χ4v) is 3.52. The number of thiophene rings is 1. The Morgan fingerprint density at radius 3 is 2.45 bits per heavy atom. The second-order valence-electron chi connectivity index (χ2n) is 4.68. The first kappa shape index (κ1) is 14.8. The number of rotatable bonds is 3. The number of hydrogen-bond acceptors (Lipinski definition) is 4. The Morgan fingerprint density at radius 2 is 1.73 bits per heavy atom. The molecule has 22 heavy (non-hydrogen) atoms. The van der Waals surface area contributed by atoms with Gasteiger partial charge in [-0.05, 0) is 25.1 Å². The van der Waals surface area contributed by atoms with Gasteiger partial charge in [-0.2, -0.15) is 0 Å². The van der Waals surface area contributed by atoms with Crippen LogP contribution in [0.15, 0.2) is 48.5 Å². The smallest absolute Gasteiger partial charge is 0.355 e. The van der Waals surface area contributed by atoms with Crippen LogP contribution in [0.5, 0.6) is 5.75 Å². The van der Waals surface area contributed by atoms with Crippen molar-refractivity contribution in [2.75, 3.05) is 0 Å². The van der Waals surface area contributed by atoms with E-state index < -0.39 is 5.97 Å². The third-order valence-corrected chi connectivity index (χ3v) is 4.84. The number of carbonyl (C=O) groups excluding carboxylic acids is 2. The monoisotopic (exact) mass is 330 g/mol. The first-order chi connectivity index (χ1) is 10.6. The Labute approximate surface area is 136 Å². The number of ether oxygens (including phenoxy) is 1. The van der Waals surface area contributed by atoms with E-state index in [9.17, 15) is 9.59 Å². The molecule has 0 aliphatic carbocycles. The maximum Gasteiger partial charge on any atom is 0.355 e. The number of benzene rings is 2. The van der Waals surface area contributed by atoms with E-state index in [1.165, 1.54) is 18.3 Å². The summed E-state index contributed by atoms with van der Waals surface area (Å²) in [4.78, 5) is 24.3. The lowest BCUT2D eigenvalue weighted by Gasteiger charge is -2.07. The Bertz CT molecular complexity index is 882. The van der Waals surface area contributed by atoms with Gasteiger partial charge >= 0.3 is 5.97 Å². The highest BCUT2D eigenvalue weighted by atomic mass is 35.5. The fourth-order valence-electron chi connectivity index (χ4n) is 2.14. The number of hydrogen-bond donors (Lipinski definition) is 0. The van der Waals surface area contributed by atoms with Crippen LogP contribution in [-0.2, 0) is 0 Å². The third kappa shape index (κ3) is 2.63. The highest BCUT2D eigenvalue weighted by Crippen LogP contribution is 2.36. The fraction of sp³-hybridized carbons (Fsp3) is 0.0588. The van der Waals surface area contributed by atoms with Crippen LogP contribution in [0.3, 0.4) is 0 Å². The van der Waals surface area contributed by atoms with Gasteiger partial charge in [0.1, 0.15) is 10.6 Å². The van der Waals surface area contributed by atoms with Crippen molar-refractivity contribution in [1.82, 2.24) is 0 Å². The summed E-state index contributed by atoms with van der Waals surface area (Å²) in [6.07, 6.45) is 0. The highest BCUT2D eigenvalue weighted by molar-refractivity contribution is 7.21. The molecule has 0 fully saturated rings. The molecule has 0 aliphatic rings. The topological polar surface area (TPSA) is 43.4 Å². The summed E-state index contributed by atoms with van der Waals surface area (Å²) in [6, 6.07) is 14.1. The van der Waals surface area contributed by atoms with E-state index in [-0.39, 0.29) is 11.5 Å². The van der Waals surface area contributed by atoms with Gasteiger partial charge in [-0.1, -0.05) is 41.9 Å². The summed E-state index contributed by atoms with van der Waals surface area (Å²) >= 11 is 7.54. The number of halogens is 1. The van der Waals surface area contributed by atoms with Crippen molar-refractivity contribution in [2.24, 2.45) is 0 Å². The van der Waals surface area contributed by atoms with E-state index in [4.69, 9.17) is 16.3 Å². The summed E-state index contributed by atoms with van der Waals surface area (Å²) in [5, 5.41) is 1.20. The van der Waals surface area contributed by atoms with Crippen molar-refractivity contribution >= 4 is 44.8 Å². The van der Waals surface area contributed by atoms with Gasteiger partial charge in [-0.25, -0.2) is 4.79 Å². The molecule has 5 heteroatoms. The normalized spacial score (nSPS) is 10.6. The molecule has 3 rings (SSSR count). The van der Waals surface area contributed by atoms with E-state index in [1.54, 1.807) is 24.3 Å². The number of fused-ring (bicyclic) bond motifs is 1. The van der Waals surface area contributed by atoms with Crippen LogP contribution in [0.25, 0.3) is 10.1 Å². The summed E-state index contributed by atoms with van der Waals surface area (Å²) in [6.45, 7) is 1.43. The standard InChI is InChI=1S/C17H11ClO3S/c1-10(19)11-6-2-4-8-13(11)21-17(20)16-15(18)12-7-3-5-9-14(12)22-16/h2-9H,1H3.